The van der Waals surface area contributed by atoms with Crippen molar-refractivity contribution in [1.29, 1.82) is 5.26 Å². The standard InChI is InChI=1S/C23H19N3O3/c1-28-19-11-10-17-16-8-5-9-18(23(25)27)20(16)26(14-15-6-3-2-4-7-15)21(17)22(19)29-13-12-24/h2-11H,13-14H2,1H3,(H2,25,27). The number of benzene rings is 3. The maximum absolute atomic E-state index is 12.2. The van der Waals surface area contributed by atoms with Crippen molar-refractivity contribution < 1.29 is 14.3 Å². The minimum Gasteiger partial charge on any atom is -0.493 e. The number of methoxy groups -OCH3 is 1. The van der Waals surface area contributed by atoms with E-state index in [1.165, 1.54) is 0 Å². The van der Waals surface area contributed by atoms with Crippen LogP contribution in [0.25, 0.3) is 21.8 Å². The second kappa shape index (κ2) is 7.56. The van der Waals surface area contributed by atoms with E-state index in [2.05, 4.69) is 0 Å². The van der Waals surface area contributed by atoms with Crippen molar-refractivity contribution in [3.05, 3.63) is 71.8 Å². The Morgan fingerprint density at radius 3 is 2.48 bits per heavy atom. The lowest BCUT2D eigenvalue weighted by atomic mass is 10.1. The highest BCUT2D eigenvalue weighted by Crippen LogP contribution is 2.42. The van der Waals surface area contributed by atoms with E-state index < -0.39 is 5.91 Å². The van der Waals surface area contributed by atoms with Crippen LogP contribution in [0.1, 0.15) is 15.9 Å². The number of rotatable bonds is 6. The molecule has 0 saturated carbocycles. The van der Waals surface area contributed by atoms with Gasteiger partial charge in [0.05, 0.1) is 23.7 Å². The summed E-state index contributed by atoms with van der Waals surface area (Å²) in [4.78, 5) is 12.2. The first-order valence-electron chi connectivity index (χ1n) is 9.11. The lowest BCUT2D eigenvalue weighted by Crippen LogP contribution is -2.13. The van der Waals surface area contributed by atoms with Gasteiger partial charge in [0.15, 0.2) is 18.1 Å². The molecule has 0 fully saturated rings. The third kappa shape index (κ3) is 3.13. The van der Waals surface area contributed by atoms with Crippen LogP contribution < -0.4 is 15.2 Å². The summed E-state index contributed by atoms with van der Waals surface area (Å²) in [6.07, 6.45) is 0. The minimum atomic E-state index is -0.501. The minimum absolute atomic E-state index is 0.120. The molecule has 0 aliphatic carbocycles. The average Bonchev–Trinajstić information content (AvgIpc) is 3.06. The van der Waals surface area contributed by atoms with E-state index in [1.54, 1.807) is 19.2 Å². The third-order valence-corrected chi connectivity index (χ3v) is 4.91. The fourth-order valence-electron chi connectivity index (χ4n) is 3.73. The Morgan fingerprint density at radius 1 is 1.03 bits per heavy atom. The number of hydrogen-bond acceptors (Lipinski definition) is 4. The molecule has 4 rings (SSSR count). The van der Waals surface area contributed by atoms with Crippen molar-refractivity contribution in [1.82, 2.24) is 4.57 Å². The molecule has 0 bridgehead atoms. The highest BCUT2D eigenvalue weighted by molar-refractivity contribution is 6.17. The van der Waals surface area contributed by atoms with E-state index in [1.807, 2.05) is 59.2 Å². The van der Waals surface area contributed by atoms with Gasteiger partial charge in [-0.1, -0.05) is 42.5 Å². The Labute approximate surface area is 167 Å². The predicted octanol–water partition coefficient (Wildman–Crippen LogP) is 3.85. The zero-order valence-corrected chi connectivity index (χ0v) is 15.9. The molecular formula is C23H19N3O3. The molecule has 144 valence electrons. The monoisotopic (exact) mass is 385 g/mol. The highest BCUT2D eigenvalue weighted by Gasteiger charge is 2.22. The third-order valence-electron chi connectivity index (χ3n) is 4.91. The Hall–Kier alpha value is -3.98. The molecule has 1 amide bonds. The molecule has 0 saturated heterocycles. The number of nitriles is 1. The summed E-state index contributed by atoms with van der Waals surface area (Å²) in [5.74, 6) is 0.485. The fraction of sp³-hybridized carbons (Fsp3) is 0.130. The van der Waals surface area contributed by atoms with Crippen LogP contribution in [-0.4, -0.2) is 24.2 Å². The van der Waals surface area contributed by atoms with Crippen molar-refractivity contribution >= 4 is 27.7 Å². The normalized spacial score (nSPS) is 10.8. The number of primary amides is 1. The van der Waals surface area contributed by atoms with Crippen molar-refractivity contribution in [2.75, 3.05) is 13.7 Å². The summed E-state index contributed by atoms with van der Waals surface area (Å²) in [6, 6.07) is 21.1. The smallest absolute Gasteiger partial charge is 0.250 e. The molecule has 0 atom stereocenters. The van der Waals surface area contributed by atoms with Gasteiger partial charge in [-0.25, -0.2) is 0 Å². The Bertz CT molecular complexity index is 1250. The van der Waals surface area contributed by atoms with Gasteiger partial charge in [-0.3, -0.25) is 4.79 Å². The summed E-state index contributed by atoms with van der Waals surface area (Å²) in [5, 5.41) is 10.8. The molecule has 4 aromatic rings. The Morgan fingerprint density at radius 2 is 1.79 bits per heavy atom. The largest absolute Gasteiger partial charge is 0.493 e. The second-order valence-electron chi connectivity index (χ2n) is 6.58. The number of amides is 1. The van der Waals surface area contributed by atoms with Gasteiger partial charge in [0.25, 0.3) is 5.91 Å². The van der Waals surface area contributed by atoms with E-state index in [9.17, 15) is 4.79 Å². The summed E-state index contributed by atoms with van der Waals surface area (Å²) in [6.45, 7) is 0.381. The number of nitrogens with two attached hydrogens (primary N) is 1. The van der Waals surface area contributed by atoms with E-state index in [0.29, 0.717) is 23.6 Å². The van der Waals surface area contributed by atoms with Crippen molar-refractivity contribution in [3.63, 3.8) is 0 Å². The summed E-state index contributed by atoms with van der Waals surface area (Å²) in [7, 11) is 1.55. The van der Waals surface area contributed by atoms with Gasteiger partial charge in [-0.05, 0) is 23.8 Å². The molecule has 29 heavy (non-hydrogen) atoms. The number of carbonyl (C=O) groups excluding carboxylic acids is 1. The number of para-hydroxylation sites is 1. The van der Waals surface area contributed by atoms with E-state index in [0.717, 1.165) is 27.4 Å². The van der Waals surface area contributed by atoms with Crippen LogP contribution in [0, 0.1) is 11.3 Å². The summed E-state index contributed by atoms with van der Waals surface area (Å²) < 4.78 is 13.3. The molecule has 0 unspecified atom stereocenters. The van der Waals surface area contributed by atoms with E-state index in [4.69, 9.17) is 20.5 Å². The molecular weight excluding hydrogens is 366 g/mol. The number of ether oxygens (including phenoxy) is 2. The molecule has 3 aromatic carbocycles. The van der Waals surface area contributed by atoms with Crippen LogP contribution in [0.4, 0.5) is 0 Å². The van der Waals surface area contributed by atoms with Gasteiger partial charge in [-0.15, -0.1) is 0 Å². The van der Waals surface area contributed by atoms with Gasteiger partial charge in [-0.2, -0.15) is 5.26 Å². The highest BCUT2D eigenvalue weighted by atomic mass is 16.5. The molecule has 0 aliphatic rings. The Balaban J connectivity index is 2.13. The van der Waals surface area contributed by atoms with Gasteiger partial charge >= 0.3 is 0 Å². The molecule has 0 aliphatic heterocycles. The molecule has 0 radical (unpaired) electrons. The van der Waals surface area contributed by atoms with Crippen LogP contribution in [0.3, 0.4) is 0 Å². The first-order chi connectivity index (χ1) is 14.2. The zero-order chi connectivity index (χ0) is 20.4. The maximum Gasteiger partial charge on any atom is 0.250 e. The van der Waals surface area contributed by atoms with Crippen LogP contribution in [0.2, 0.25) is 0 Å². The van der Waals surface area contributed by atoms with Crippen molar-refractivity contribution in [3.8, 4) is 17.6 Å². The number of fused-ring (bicyclic) bond motifs is 3. The van der Waals surface area contributed by atoms with Crippen LogP contribution in [0.15, 0.2) is 60.7 Å². The second-order valence-corrected chi connectivity index (χ2v) is 6.58. The number of aromatic nitrogens is 1. The number of hydrogen-bond donors (Lipinski definition) is 1. The van der Waals surface area contributed by atoms with Gasteiger partial charge in [0, 0.05) is 17.3 Å². The van der Waals surface area contributed by atoms with Gasteiger partial charge in [0.1, 0.15) is 6.07 Å². The maximum atomic E-state index is 12.2. The SMILES string of the molecule is COc1ccc2c3cccc(C(N)=O)c3n(Cc3ccccc3)c2c1OCC#N. The van der Waals surface area contributed by atoms with Crippen LogP contribution in [-0.2, 0) is 6.54 Å². The molecule has 2 N–H and O–H groups in total. The zero-order valence-electron chi connectivity index (χ0n) is 15.9. The first-order valence-corrected chi connectivity index (χ1v) is 9.11. The van der Waals surface area contributed by atoms with Crippen molar-refractivity contribution in [2.45, 2.75) is 6.54 Å². The molecule has 1 aromatic heterocycles. The molecule has 1 heterocycles. The van der Waals surface area contributed by atoms with Gasteiger partial charge < -0.3 is 19.8 Å². The average molecular weight is 385 g/mol. The van der Waals surface area contributed by atoms with E-state index >= 15 is 0 Å². The topological polar surface area (TPSA) is 90.3 Å². The Kier molecular flexibility index (Phi) is 4.80. The van der Waals surface area contributed by atoms with Crippen molar-refractivity contribution in [2.24, 2.45) is 5.73 Å². The quantitative estimate of drug-likeness (QED) is 0.546. The summed E-state index contributed by atoms with van der Waals surface area (Å²) >= 11 is 0. The van der Waals surface area contributed by atoms with Crippen LogP contribution in [0.5, 0.6) is 11.5 Å². The molecule has 6 nitrogen and oxygen atoms in total. The fourth-order valence-corrected chi connectivity index (χ4v) is 3.73. The number of nitrogens with zero attached hydrogens (tertiary/aromatic N) is 2. The predicted molar refractivity (Wildman–Crippen MR) is 111 cm³/mol. The lowest BCUT2D eigenvalue weighted by Gasteiger charge is -2.14. The van der Waals surface area contributed by atoms with Gasteiger partial charge in [0.2, 0.25) is 0 Å². The molecule has 0 spiro atoms. The first kappa shape index (κ1) is 18.4. The lowest BCUT2D eigenvalue weighted by molar-refractivity contribution is 0.100. The van der Waals surface area contributed by atoms with E-state index in [-0.39, 0.29) is 6.61 Å². The molecule has 6 heteroatoms. The van der Waals surface area contributed by atoms with Crippen LogP contribution >= 0.6 is 0 Å². The summed E-state index contributed by atoms with van der Waals surface area (Å²) in [5.41, 5.74) is 8.66. The number of carbonyl (C=O) groups is 1.